The van der Waals surface area contributed by atoms with Gasteiger partial charge in [-0.3, -0.25) is 4.90 Å². The summed E-state index contributed by atoms with van der Waals surface area (Å²) >= 11 is 0. The lowest BCUT2D eigenvalue weighted by molar-refractivity contribution is 0.0667. The van der Waals surface area contributed by atoms with Gasteiger partial charge in [-0.15, -0.1) is 0 Å². The van der Waals surface area contributed by atoms with Crippen LogP contribution in [0.2, 0.25) is 0 Å². The molecule has 2 aliphatic rings. The fraction of sp³-hybridized carbons (Fsp3) is 0.600. The Bertz CT molecular complexity index is 402. The predicted molar refractivity (Wildman–Crippen MR) is 70.9 cm³/mol. The number of rotatable bonds is 2. The minimum absolute atomic E-state index is 0.610. The first-order chi connectivity index (χ1) is 8.35. The molecule has 0 aromatic heterocycles. The van der Waals surface area contributed by atoms with Crippen molar-refractivity contribution in [1.82, 2.24) is 10.2 Å². The zero-order chi connectivity index (χ0) is 11.8. The van der Waals surface area contributed by atoms with Crippen molar-refractivity contribution >= 4 is 0 Å². The third-order valence-corrected chi connectivity index (χ3v) is 4.49. The first-order valence-electron chi connectivity index (χ1n) is 6.92. The largest absolute Gasteiger partial charge is 0.311 e. The molecule has 92 valence electrons. The fourth-order valence-corrected chi connectivity index (χ4v) is 3.63. The summed E-state index contributed by atoms with van der Waals surface area (Å²) in [5.74, 6) is 0. The molecular formula is C15H22N2. The van der Waals surface area contributed by atoms with Gasteiger partial charge in [-0.05, 0) is 24.0 Å². The van der Waals surface area contributed by atoms with E-state index in [9.17, 15) is 0 Å². The Morgan fingerprint density at radius 1 is 1.24 bits per heavy atom. The van der Waals surface area contributed by atoms with Crippen LogP contribution in [0.1, 0.15) is 43.9 Å². The molecule has 17 heavy (non-hydrogen) atoms. The average molecular weight is 230 g/mol. The molecule has 2 aliphatic heterocycles. The lowest BCUT2D eigenvalue weighted by atomic mass is 9.95. The molecule has 1 fully saturated rings. The Morgan fingerprint density at radius 2 is 2.06 bits per heavy atom. The highest BCUT2D eigenvalue weighted by molar-refractivity contribution is 5.35. The van der Waals surface area contributed by atoms with Crippen molar-refractivity contribution in [2.45, 2.75) is 51.4 Å². The Morgan fingerprint density at radius 3 is 2.82 bits per heavy atom. The van der Waals surface area contributed by atoms with Crippen LogP contribution in [-0.2, 0) is 6.54 Å². The Labute approximate surface area is 104 Å². The molecule has 1 aromatic rings. The summed E-state index contributed by atoms with van der Waals surface area (Å²) in [6.07, 6.45) is 2.48. The van der Waals surface area contributed by atoms with Gasteiger partial charge in [-0.2, -0.15) is 0 Å². The number of hydrogen-bond donors (Lipinski definition) is 1. The van der Waals surface area contributed by atoms with Crippen LogP contribution in [-0.4, -0.2) is 23.5 Å². The SMILES string of the molecule is CCC1NCC2c3ccccc3CN2C1CC. The van der Waals surface area contributed by atoms with Gasteiger partial charge >= 0.3 is 0 Å². The van der Waals surface area contributed by atoms with Gasteiger partial charge in [0.05, 0.1) is 0 Å². The molecule has 1 saturated heterocycles. The molecule has 1 aromatic carbocycles. The molecule has 0 aliphatic carbocycles. The van der Waals surface area contributed by atoms with Crippen molar-refractivity contribution in [2.24, 2.45) is 0 Å². The van der Waals surface area contributed by atoms with E-state index in [-0.39, 0.29) is 0 Å². The summed E-state index contributed by atoms with van der Waals surface area (Å²) < 4.78 is 0. The van der Waals surface area contributed by atoms with Gasteiger partial charge in [0.15, 0.2) is 0 Å². The van der Waals surface area contributed by atoms with Crippen LogP contribution in [0.25, 0.3) is 0 Å². The smallest absolute Gasteiger partial charge is 0.0483 e. The van der Waals surface area contributed by atoms with Crippen LogP contribution < -0.4 is 5.32 Å². The lowest BCUT2D eigenvalue weighted by Crippen LogP contribution is -2.56. The minimum atomic E-state index is 0.610. The number of piperazine rings is 1. The van der Waals surface area contributed by atoms with Gasteiger partial charge in [0.2, 0.25) is 0 Å². The zero-order valence-corrected chi connectivity index (χ0v) is 10.8. The van der Waals surface area contributed by atoms with Gasteiger partial charge in [0.1, 0.15) is 0 Å². The summed E-state index contributed by atoms with van der Waals surface area (Å²) in [5.41, 5.74) is 3.09. The first kappa shape index (κ1) is 11.2. The van der Waals surface area contributed by atoms with Crippen molar-refractivity contribution in [3.63, 3.8) is 0 Å². The molecule has 0 saturated carbocycles. The highest BCUT2D eigenvalue weighted by Gasteiger charge is 2.40. The van der Waals surface area contributed by atoms with Crippen LogP contribution in [0, 0.1) is 0 Å². The molecule has 2 heteroatoms. The normalized spacial score (nSPS) is 32.2. The molecule has 3 rings (SSSR count). The van der Waals surface area contributed by atoms with Gasteiger partial charge in [-0.25, -0.2) is 0 Å². The third-order valence-electron chi connectivity index (χ3n) is 4.49. The zero-order valence-electron chi connectivity index (χ0n) is 10.8. The Kier molecular flexibility index (Phi) is 2.93. The third kappa shape index (κ3) is 1.71. The van der Waals surface area contributed by atoms with Crippen LogP contribution in [0.3, 0.4) is 0 Å². The van der Waals surface area contributed by atoms with Crippen molar-refractivity contribution in [2.75, 3.05) is 6.54 Å². The monoisotopic (exact) mass is 230 g/mol. The number of fused-ring (bicyclic) bond motifs is 3. The van der Waals surface area contributed by atoms with Crippen molar-refractivity contribution in [3.8, 4) is 0 Å². The topological polar surface area (TPSA) is 15.3 Å². The molecule has 0 bridgehead atoms. The molecule has 0 amide bonds. The molecule has 2 heterocycles. The standard InChI is InChI=1S/C15H22N2/c1-3-13-14(4-2)17-10-11-7-5-6-8-12(11)15(17)9-16-13/h5-8,13-16H,3-4,9-10H2,1-2H3. The van der Waals surface area contributed by atoms with E-state index in [1.165, 1.54) is 18.4 Å². The molecule has 0 radical (unpaired) electrons. The second-order valence-corrected chi connectivity index (χ2v) is 5.29. The lowest BCUT2D eigenvalue weighted by Gasteiger charge is -2.43. The van der Waals surface area contributed by atoms with E-state index in [2.05, 4.69) is 48.3 Å². The summed E-state index contributed by atoms with van der Waals surface area (Å²) in [5, 5.41) is 3.74. The average Bonchev–Trinajstić information content (AvgIpc) is 2.75. The molecule has 3 unspecified atom stereocenters. The van der Waals surface area contributed by atoms with Crippen molar-refractivity contribution in [3.05, 3.63) is 35.4 Å². The van der Waals surface area contributed by atoms with Gasteiger partial charge in [0, 0.05) is 31.2 Å². The van der Waals surface area contributed by atoms with E-state index in [0.29, 0.717) is 18.1 Å². The van der Waals surface area contributed by atoms with E-state index in [1.54, 1.807) is 5.56 Å². The van der Waals surface area contributed by atoms with Crippen molar-refractivity contribution < 1.29 is 0 Å². The quantitative estimate of drug-likeness (QED) is 0.840. The Balaban J connectivity index is 1.91. The Hall–Kier alpha value is -0.860. The van der Waals surface area contributed by atoms with E-state index >= 15 is 0 Å². The molecule has 1 N–H and O–H groups in total. The second-order valence-electron chi connectivity index (χ2n) is 5.29. The summed E-state index contributed by atoms with van der Waals surface area (Å²) in [6.45, 7) is 6.88. The highest BCUT2D eigenvalue weighted by Crippen LogP contribution is 2.38. The van der Waals surface area contributed by atoms with Crippen LogP contribution in [0.5, 0.6) is 0 Å². The number of hydrogen-bond acceptors (Lipinski definition) is 2. The number of benzene rings is 1. The van der Waals surface area contributed by atoms with Gasteiger partial charge in [0.25, 0.3) is 0 Å². The van der Waals surface area contributed by atoms with E-state index in [1.807, 2.05) is 0 Å². The van der Waals surface area contributed by atoms with Crippen LogP contribution >= 0.6 is 0 Å². The summed E-state index contributed by atoms with van der Waals surface area (Å²) in [4.78, 5) is 2.72. The number of nitrogens with one attached hydrogen (secondary N) is 1. The van der Waals surface area contributed by atoms with E-state index in [0.717, 1.165) is 13.1 Å². The maximum absolute atomic E-state index is 3.74. The highest BCUT2D eigenvalue weighted by atomic mass is 15.3. The maximum atomic E-state index is 3.74. The van der Waals surface area contributed by atoms with E-state index < -0.39 is 0 Å². The summed E-state index contributed by atoms with van der Waals surface area (Å²) in [7, 11) is 0. The molecule has 3 atom stereocenters. The minimum Gasteiger partial charge on any atom is -0.311 e. The molecular weight excluding hydrogens is 208 g/mol. The van der Waals surface area contributed by atoms with Crippen molar-refractivity contribution in [1.29, 1.82) is 0 Å². The second kappa shape index (κ2) is 4.43. The predicted octanol–water partition coefficient (Wildman–Crippen LogP) is 2.70. The van der Waals surface area contributed by atoms with Gasteiger partial charge in [-0.1, -0.05) is 38.1 Å². The molecule has 0 spiro atoms. The van der Waals surface area contributed by atoms with Gasteiger partial charge < -0.3 is 5.32 Å². The fourth-order valence-electron chi connectivity index (χ4n) is 3.63. The van der Waals surface area contributed by atoms with Crippen LogP contribution in [0.15, 0.2) is 24.3 Å². The van der Waals surface area contributed by atoms with E-state index in [4.69, 9.17) is 0 Å². The maximum Gasteiger partial charge on any atom is 0.0483 e. The first-order valence-corrected chi connectivity index (χ1v) is 6.92. The molecule has 2 nitrogen and oxygen atoms in total. The van der Waals surface area contributed by atoms with Crippen LogP contribution in [0.4, 0.5) is 0 Å². The summed E-state index contributed by atoms with van der Waals surface area (Å²) in [6, 6.07) is 10.9. The number of nitrogens with zero attached hydrogens (tertiary/aromatic N) is 1.